The number of aryl methyl sites for hydroxylation is 1. The third-order valence-corrected chi connectivity index (χ3v) is 24.7. The zero-order chi connectivity index (χ0) is 86.2. The minimum absolute atomic E-state index is 0.0447. The number of thioether (sulfide) groups is 1. The van der Waals surface area contributed by atoms with Gasteiger partial charge in [-0.2, -0.15) is 4.58 Å². The number of fused-ring (bicyclic) bond motifs is 2. The van der Waals surface area contributed by atoms with Crippen molar-refractivity contribution >= 4 is 28.8 Å². The maximum Gasteiger partial charge on any atom is 0.209 e. The molecule has 120 heavy (non-hydrogen) atoms. The summed E-state index contributed by atoms with van der Waals surface area (Å²) in [4.78, 5) is 3.62. The molecule has 0 spiro atoms. The van der Waals surface area contributed by atoms with Crippen molar-refractivity contribution in [3.8, 4) is 0 Å². The molecule has 6 fully saturated rings. The van der Waals surface area contributed by atoms with Gasteiger partial charge in [0.25, 0.3) is 0 Å². The zero-order valence-corrected chi connectivity index (χ0v) is 68.3. The second-order valence-corrected chi connectivity index (χ2v) is 33.2. The summed E-state index contributed by atoms with van der Waals surface area (Å²) >= 11 is 1.84. The third kappa shape index (κ3) is 20.5. The molecule has 0 bridgehead atoms. The SMILES string of the molecule is CN1/C(=C\C=C2/CCCC(/C=C/C3=[N+](C)c4ccccc4C3(C)C)=C2SCCOCCOCCOCc2cn(CCCO[C@@H]3O[C@H](CO)[C@@H](O[C@H]4O[C@H](CO)[C@@H](O[C@H]5O[C@H](CO)[C@@H](O[C@H]6O[C@H](CO)[C@@H](O[C@H]7O[C@H](CO)[C@@H](O[C@H]8O[C@H](CO)[C@@H](O)[C@H](O)[C@H]8O)[C@H](O)[C@H]7O)[C@H](O)[C@H]6O)[C@H](O)[C@H]5O)[C@H](O)[C@H]4O)[C@H](O)[C@H]3O)nn2)C(C)(C)c2ccccc21. The second kappa shape index (κ2) is 42.1. The van der Waals surface area contributed by atoms with Gasteiger partial charge >= 0.3 is 0 Å². The Morgan fingerprint density at radius 1 is 0.475 bits per heavy atom. The van der Waals surface area contributed by atoms with Crippen LogP contribution in [0.15, 0.2) is 101 Å². The fourth-order valence-electron chi connectivity index (χ4n) is 16.8. The third-order valence-electron chi connectivity index (χ3n) is 23.5. The predicted molar refractivity (Wildman–Crippen MR) is 416 cm³/mol. The average Bonchev–Trinajstić information content (AvgIpc) is 1.58. The van der Waals surface area contributed by atoms with Gasteiger partial charge in [0, 0.05) is 58.8 Å². The van der Waals surface area contributed by atoms with Crippen molar-refractivity contribution in [2.24, 2.45) is 0 Å². The molecule has 3 aromatic rings. The normalized spacial score (nSPS) is 38.5. The van der Waals surface area contributed by atoms with Gasteiger partial charge in [-0.25, -0.2) is 0 Å². The van der Waals surface area contributed by atoms with Crippen molar-refractivity contribution in [1.29, 1.82) is 0 Å². The molecule has 30 atom stereocenters. The lowest BCUT2D eigenvalue weighted by molar-refractivity contribution is -0.401. The Balaban J connectivity index is 0.546. The number of hydrogen-bond acceptors (Lipinski definition) is 38. The van der Waals surface area contributed by atoms with Gasteiger partial charge in [0.15, 0.2) is 43.5 Å². The number of ether oxygens (including phenoxy) is 15. The summed E-state index contributed by atoms with van der Waals surface area (Å²) in [5.41, 5.74) is 10.6. The first-order chi connectivity index (χ1) is 57.5. The molecule has 8 aliphatic heterocycles. The largest absolute Gasteiger partial charge is 0.394 e. The van der Waals surface area contributed by atoms with Gasteiger partial charge < -0.3 is 173 Å². The monoisotopic (exact) mass is 1720 g/mol. The highest BCUT2D eigenvalue weighted by atomic mass is 32.2. The summed E-state index contributed by atoms with van der Waals surface area (Å²) in [6, 6.07) is 17.2. The minimum atomic E-state index is -2.20. The predicted octanol–water partition coefficient (Wildman–Crippen LogP) is -5.17. The van der Waals surface area contributed by atoms with Gasteiger partial charge in [-0.05, 0) is 68.4 Å². The van der Waals surface area contributed by atoms with Crippen LogP contribution in [0.1, 0.15) is 70.2 Å². The lowest BCUT2D eigenvalue weighted by Gasteiger charge is -2.50. The first-order valence-corrected chi connectivity index (χ1v) is 41.4. The molecule has 9 aliphatic rings. The Hall–Kier alpha value is -5.00. The number of aromatic nitrogens is 3. The molecule has 39 nitrogen and oxygen atoms in total. The minimum Gasteiger partial charge on any atom is -0.394 e. The Morgan fingerprint density at radius 2 is 0.908 bits per heavy atom. The van der Waals surface area contributed by atoms with E-state index in [1.807, 2.05) is 11.8 Å². The molecule has 40 heteroatoms. The van der Waals surface area contributed by atoms with E-state index in [1.165, 1.54) is 50.0 Å². The number of benzene rings is 2. The molecular formula is C80H118N5O34S+. The van der Waals surface area contributed by atoms with E-state index in [0.717, 1.165) is 25.0 Å². The van der Waals surface area contributed by atoms with Crippen LogP contribution >= 0.6 is 11.8 Å². The molecule has 0 radical (unpaired) electrons. The van der Waals surface area contributed by atoms with Crippen molar-refractivity contribution in [3.63, 3.8) is 0 Å². The van der Waals surface area contributed by atoms with E-state index < -0.39 is 224 Å². The summed E-state index contributed by atoms with van der Waals surface area (Å²) < 4.78 is 90.0. The van der Waals surface area contributed by atoms with E-state index in [1.54, 1.807) is 10.9 Å². The number of anilines is 1. The van der Waals surface area contributed by atoms with Crippen molar-refractivity contribution < 1.29 is 173 Å². The van der Waals surface area contributed by atoms with Gasteiger partial charge in [0.1, 0.15) is 159 Å². The van der Waals surface area contributed by atoms with Crippen molar-refractivity contribution in [2.75, 3.05) is 104 Å². The lowest BCUT2D eigenvalue weighted by atomic mass is 9.81. The fraction of sp³-hybridized carbons (Fsp3) is 0.713. The van der Waals surface area contributed by atoms with Crippen LogP contribution in [-0.2, 0) is 95.0 Å². The van der Waals surface area contributed by atoms with E-state index in [-0.39, 0.29) is 24.0 Å². The summed E-state index contributed by atoms with van der Waals surface area (Å²) in [6.45, 7) is 5.84. The molecule has 19 N–H and O–H groups in total. The number of rotatable bonds is 36. The number of aliphatic hydroxyl groups is 19. The van der Waals surface area contributed by atoms with Crippen LogP contribution in [0.25, 0.3) is 0 Å². The highest BCUT2D eigenvalue weighted by molar-refractivity contribution is 8.03. The van der Waals surface area contributed by atoms with E-state index in [2.05, 4.69) is 134 Å². The number of hydrogen-bond donors (Lipinski definition) is 19. The highest BCUT2D eigenvalue weighted by Crippen LogP contribution is 2.48. The summed E-state index contributed by atoms with van der Waals surface area (Å²) in [6.07, 6.45) is -42.2. The van der Waals surface area contributed by atoms with E-state index in [4.69, 9.17) is 71.1 Å². The molecule has 1 aliphatic carbocycles. The number of likely N-dealkylation sites (N-methyl/N-ethyl adjacent to an activating group) is 1. The van der Waals surface area contributed by atoms with Gasteiger partial charge in [-0.3, -0.25) is 4.68 Å². The molecule has 12 rings (SSSR count). The number of para-hydroxylation sites is 2. The number of aliphatic hydroxyl groups excluding tert-OH is 19. The smallest absolute Gasteiger partial charge is 0.209 e. The first kappa shape index (κ1) is 94.1. The Kier molecular flexibility index (Phi) is 33.0. The summed E-state index contributed by atoms with van der Waals surface area (Å²) in [5, 5.41) is 214. The van der Waals surface area contributed by atoms with Crippen molar-refractivity contribution in [2.45, 2.75) is 262 Å². The van der Waals surface area contributed by atoms with E-state index >= 15 is 0 Å². The molecule has 2 aromatic carbocycles. The van der Waals surface area contributed by atoms with Crippen LogP contribution < -0.4 is 4.90 Å². The van der Waals surface area contributed by atoms with Crippen molar-refractivity contribution in [1.82, 2.24) is 15.0 Å². The van der Waals surface area contributed by atoms with Crippen LogP contribution in [0.4, 0.5) is 11.4 Å². The summed E-state index contributed by atoms with van der Waals surface area (Å²) in [7, 11) is 4.30. The molecular weight excluding hydrogens is 1610 g/mol. The molecule has 6 saturated heterocycles. The first-order valence-electron chi connectivity index (χ1n) is 40.5. The van der Waals surface area contributed by atoms with Crippen LogP contribution in [-0.4, -0.2) is 406 Å². The van der Waals surface area contributed by atoms with Gasteiger partial charge in [0.05, 0.1) is 97.5 Å². The topological polar surface area (TPSA) is 560 Å². The average molecular weight is 1730 g/mol. The number of allylic oxidation sites excluding steroid dienone is 7. The van der Waals surface area contributed by atoms with Crippen LogP contribution in [0, 0.1) is 0 Å². The standard InChI is InChI=1S/C80H118N5O34S/c1-79(2)42-15-7-9-17-44(42)83(5)52(79)21-19-39-13-11-14-40(20-22-53-80(3,4)43-16-8-10-18-45(43)84(53)6)72(39)120-30-29-106-26-25-105-27-28-107-38-41-31-85(82-81-41)23-12-24-108-73-62(100)56(94)67(47(33-87)110-73)116-75-64(102)58(96)69(49(35-89)112-75)118-77-66(104)60(98)71(51(37-91)114-77)119-78-65(103)59(97)70(50(36-90)113-78)117-76-63(101)57(95)68(48(34-88)111-76)115-74-61(99)55(93)54(92)46(32-86)109-74/h7-10,15-22,31,46-51,54-71,73-78,86-104H,11-14,23-30,32-38H2,1-6H3/q+1/t46-,47-,48-,49-,50-,51-,54-,55+,56-,57-,58-,59-,60-,61-,62-,63-,64-,65-,66-,67-,68-,69-,70-,71-,73-,74-,75-,76-,77-,78-/m1/s1. The van der Waals surface area contributed by atoms with Crippen LogP contribution in [0.2, 0.25) is 0 Å². The highest BCUT2D eigenvalue weighted by Gasteiger charge is 2.58. The Bertz CT molecular complexity index is 3940. The molecule has 0 saturated carbocycles. The lowest BCUT2D eigenvalue weighted by Crippen LogP contribution is -2.68. The Morgan fingerprint density at radius 3 is 1.39 bits per heavy atom. The van der Waals surface area contributed by atoms with Crippen molar-refractivity contribution in [3.05, 3.63) is 118 Å². The van der Waals surface area contributed by atoms with Gasteiger partial charge in [-0.15, -0.1) is 16.9 Å². The maximum atomic E-state index is 11.5. The quantitative estimate of drug-likeness (QED) is 0.0191. The second-order valence-electron chi connectivity index (χ2n) is 32.1. The Labute approximate surface area is 696 Å². The van der Waals surface area contributed by atoms with Crippen LogP contribution in [0.5, 0.6) is 0 Å². The molecule has 0 amide bonds. The number of nitrogens with zero attached hydrogens (tertiary/aromatic N) is 5. The maximum absolute atomic E-state index is 11.5. The molecule has 9 heterocycles. The summed E-state index contributed by atoms with van der Waals surface area (Å²) in [5.74, 6) is 0.764. The van der Waals surface area contributed by atoms with E-state index in [0.29, 0.717) is 51.7 Å². The van der Waals surface area contributed by atoms with Gasteiger partial charge in [-0.1, -0.05) is 67.6 Å². The van der Waals surface area contributed by atoms with Crippen LogP contribution in [0.3, 0.4) is 0 Å². The fourth-order valence-corrected chi connectivity index (χ4v) is 17.9. The molecule has 672 valence electrons. The van der Waals surface area contributed by atoms with E-state index in [9.17, 15) is 97.0 Å². The van der Waals surface area contributed by atoms with Gasteiger partial charge in [0.2, 0.25) is 5.69 Å². The molecule has 1 aromatic heterocycles. The zero-order valence-electron chi connectivity index (χ0n) is 67.5. The molecule has 0 unspecified atom stereocenters.